The summed E-state index contributed by atoms with van der Waals surface area (Å²) in [4.78, 5) is 14.6. The highest BCUT2D eigenvalue weighted by Gasteiger charge is 2.29. The zero-order chi connectivity index (χ0) is 14.7. The smallest absolute Gasteiger partial charge is 0.241 e. The molecule has 3 unspecified atom stereocenters. The molecule has 1 aliphatic rings. The minimum absolute atomic E-state index is 0.0182. The van der Waals surface area contributed by atoms with E-state index in [0.717, 1.165) is 25.4 Å². The molecular weight excluding hydrogens is 250 g/mol. The first-order chi connectivity index (χ1) is 9.49. The van der Waals surface area contributed by atoms with Crippen molar-refractivity contribution < 1.29 is 4.79 Å². The largest absolute Gasteiger partial charge is 0.397 e. The van der Waals surface area contributed by atoms with Gasteiger partial charge in [0.1, 0.15) is 0 Å². The van der Waals surface area contributed by atoms with Crippen molar-refractivity contribution in [3.8, 4) is 0 Å². The van der Waals surface area contributed by atoms with Crippen LogP contribution in [-0.2, 0) is 4.79 Å². The number of amides is 1. The lowest BCUT2D eigenvalue weighted by molar-refractivity contribution is -0.121. The average Bonchev–Trinajstić information content (AvgIpc) is 2.43. The number of nitrogen functional groups attached to an aromatic ring is 1. The molecule has 110 valence electrons. The molecule has 1 aromatic rings. The lowest BCUT2D eigenvalue weighted by Gasteiger charge is -2.38. The van der Waals surface area contributed by atoms with Crippen molar-refractivity contribution in [1.82, 2.24) is 4.90 Å². The van der Waals surface area contributed by atoms with E-state index in [2.05, 4.69) is 24.1 Å². The number of benzene rings is 1. The molecule has 1 aromatic carbocycles. The molecule has 1 heterocycles. The van der Waals surface area contributed by atoms with Gasteiger partial charge in [-0.15, -0.1) is 0 Å². The number of nitrogens with zero attached hydrogens (tertiary/aromatic N) is 1. The van der Waals surface area contributed by atoms with Gasteiger partial charge in [0.2, 0.25) is 5.91 Å². The van der Waals surface area contributed by atoms with E-state index in [1.165, 1.54) is 0 Å². The maximum absolute atomic E-state index is 12.3. The first kappa shape index (κ1) is 14.9. The molecule has 4 heteroatoms. The highest BCUT2D eigenvalue weighted by Crippen LogP contribution is 2.24. The van der Waals surface area contributed by atoms with Gasteiger partial charge in [0.25, 0.3) is 0 Å². The Kier molecular flexibility index (Phi) is 4.65. The van der Waals surface area contributed by atoms with Crippen LogP contribution in [0.3, 0.4) is 0 Å². The summed E-state index contributed by atoms with van der Waals surface area (Å²) in [5, 5.41) is 2.93. The third-order valence-electron chi connectivity index (χ3n) is 4.51. The van der Waals surface area contributed by atoms with Crippen LogP contribution >= 0.6 is 0 Å². The quantitative estimate of drug-likeness (QED) is 0.834. The zero-order valence-corrected chi connectivity index (χ0v) is 12.6. The van der Waals surface area contributed by atoms with Crippen molar-refractivity contribution in [3.63, 3.8) is 0 Å². The van der Waals surface area contributed by atoms with Gasteiger partial charge in [0.15, 0.2) is 0 Å². The molecule has 0 aromatic heterocycles. The van der Waals surface area contributed by atoms with E-state index >= 15 is 0 Å². The van der Waals surface area contributed by atoms with E-state index in [-0.39, 0.29) is 11.9 Å². The van der Waals surface area contributed by atoms with Crippen molar-refractivity contribution in [2.75, 3.05) is 24.1 Å². The predicted octanol–water partition coefficient (Wildman–Crippen LogP) is 2.57. The number of piperidine rings is 1. The van der Waals surface area contributed by atoms with Gasteiger partial charge in [-0.2, -0.15) is 0 Å². The van der Waals surface area contributed by atoms with Crippen LogP contribution in [0.2, 0.25) is 0 Å². The number of carbonyl (C=O) groups excluding carboxylic acids is 1. The topological polar surface area (TPSA) is 58.4 Å². The second-order valence-electron chi connectivity index (χ2n) is 5.99. The Balaban J connectivity index is 1.97. The monoisotopic (exact) mass is 275 g/mol. The van der Waals surface area contributed by atoms with Crippen molar-refractivity contribution in [2.45, 2.75) is 33.2 Å². The Bertz CT molecular complexity index is 475. The molecule has 1 amide bonds. The number of hydrogen-bond donors (Lipinski definition) is 2. The fraction of sp³-hybridized carbons (Fsp3) is 0.562. The Morgan fingerprint density at radius 3 is 2.70 bits per heavy atom. The maximum atomic E-state index is 12.3. The Morgan fingerprint density at radius 2 is 2.05 bits per heavy atom. The number of nitrogens with two attached hydrogens (primary N) is 1. The van der Waals surface area contributed by atoms with Gasteiger partial charge in [0.05, 0.1) is 17.4 Å². The summed E-state index contributed by atoms with van der Waals surface area (Å²) in [5.41, 5.74) is 7.16. The number of likely N-dealkylation sites (tertiary alicyclic amines) is 1. The van der Waals surface area contributed by atoms with E-state index in [4.69, 9.17) is 5.73 Å². The molecular formula is C16H25N3O. The van der Waals surface area contributed by atoms with Gasteiger partial charge >= 0.3 is 0 Å². The van der Waals surface area contributed by atoms with E-state index in [1.807, 2.05) is 25.1 Å². The number of carbonyl (C=O) groups is 1. The fourth-order valence-corrected chi connectivity index (χ4v) is 2.66. The molecule has 1 aliphatic heterocycles. The number of anilines is 2. The Morgan fingerprint density at radius 1 is 1.35 bits per heavy atom. The summed E-state index contributed by atoms with van der Waals surface area (Å²) in [7, 11) is 0. The third kappa shape index (κ3) is 3.31. The molecule has 0 bridgehead atoms. The van der Waals surface area contributed by atoms with Gasteiger partial charge in [-0.3, -0.25) is 9.69 Å². The Hall–Kier alpha value is -1.55. The predicted molar refractivity (Wildman–Crippen MR) is 83.5 cm³/mol. The van der Waals surface area contributed by atoms with Crippen LogP contribution in [0.15, 0.2) is 24.3 Å². The van der Waals surface area contributed by atoms with Gasteiger partial charge < -0.3 is 11.1 Å². The summed E-state index contributed by atoms with van der Waals surface area (Å²) >= 11 is 0. The first-order valence-electron chi connectivity index (χ1n) is 7.38. The first-order valence-corrected chi connectivity index (χ1v) is 7.38. The molecule has 1 saturated heterocycles. The van der Waals surface area contributed by atoms with Crippen LogP contribution < -0.4 is 11.1 Å². The molecule has 0 saturated carbocycles. The Labute approximate surface area is 121 Å². The summed E-state index contributed by atoms with van der Waals surface area (Å²) in [6.07, 6.45) is 1.16. The van der Waals surface area contributed by atoms with Gasteiger partial charge in [-0.1, -0.05) is 26.0 Å². The van der Waals surface area contributed by atoms with Gasteiger partial charge in [-0.05, 0) is 43.9 Å². The highest BCUT2D eigenvalue weighted by molar-refractivity contribution is 5.97. The van der Waals surface area contributed by atoms with E-state index < -0.39 is 0 Å². The third-order valence-corrected chi connectivity index (χ3v) is 4.51. The molecule has 3 atom stereocenters. The van der Waals surface area contributed by atoms with Gasteiger partial charge in [-0.25, -0.2) is 0 Å². The normalized spacial score (nSPS) is 25.1. The van der Waals surface area contributed by atoms with Crippen molar-refractivity contribution in [2.24, 2.45) is 11.8 Å². The van der Waals surface area contributed by atoms with E-state index in [0.29, 0.717) is 17.3 Å². The van der Waals surface area contributed by atoms with E-state index in [1.54, 1.807) is 6.07 Å². The second kappa shape index (κ2) is 6.27. The molecule has 1 fully saturated rings. The molecule has 0 radical (unpaired) electrons. The van der Waals surface area contributed by atoms with Crippen molar-refractivity contribution in [3.05, 3.63) is 24.3 Å². The van der Waals surface area contributed by atoms with Crippen molar-refractivity contribution >= 4 is 17.3 Å². The highest BCUT2D eigenvalue weighted by atomic mass is 16.2. The van der Waals surface area contributed by atoms with Crippen LogP contribution in [0.25, 0.3) is 0 Å². The molecule has 0 aliphatic carbocycles. The van der Waals surface area contributed by atoms with Crippen molar-refractivity contribution in [1.29, 1.82) is 0 Å². The molecule has 20 heavy (non-hydrogen) atoms. The minimum atomic E-state index is -0.121. The summed E-state index contributed by atoms with van der Waals surface area (Å²) in [6.45, 7) is 8.50. The fourth-order valence-electron chi connectivity index (χ4n) is 2.66. The average molecular weight is 275 g/mol. The van der Waals surface area contributed by atoms with Crippen LogP contribution in [-0.4, -0.2) is 29.9 Å². The molecule has 4 nitrogen and oxygen atoms in total. The number of hydrogen-bond acceptors (Lipinski definition) is 3. The van der Waals surface area contributed by atoms with E-state index in [9.17, 15) is 4.79 Å². The summed E-state index contributed by atoms with van der Waals surface area (Å²) < 4.78 is 0. The van der Waals surface area contributed by atoms with Gasteiger partial charge in [0, 0.05) is 6.54 Å². The summed E-state index contributed by atoms with van der Waals surface area (Å²) in [6, 6.07) is 7.25. The standard InChI is InChI=1S/C16H25N3O/c1-11-8-9-19(10-12(11)2)13(3)16(20)18-15-7-5-4-6-14(15)17/h4-7,11-13H,8-10,17H2,1-3H3,(H,18,20). The van der Waals surface area contributed by atoms with Crippen LogP contribution in [0.1, 0.15) is 27.2 Å². The minimum Gasteiger partial charge on any atom is -0.397 e. The lowest BCUT2D eigenvalue weighted by Crippen LogP contribution is -2.48. The summed E-state index contributed by atoms with van der Waals surface area (Å²) in [5.74, 6) is 1.40. The second-order valence-corrected chi connectivity index (χ2v) is 5.99. The number of rotatable bonds is 3. The van der Waals surface area contributed by atoms with Crippen LogP contribution in [0.5, 0.6) is 0 Å². The van der Waals surface area contributed by atoms with Crippen LogP contribution in [0.4, 0.5) is 11.4 Å². The maximum Gasteiger partial charge on any atom is 0.241 e. The molecule has 0 spiro atoms. The lowest BCUT2D eigenvalue weighted by atomic mass is 9.88. The van der Waals surface area contributed by atoms with Crippen LogP contribution in [0, 0.1) is 11.8 Å². The number of nitrogens with one attached hydrogen (secondary N) is 1. The number of para-hydroxylation sites is 2. The molecule has 2 rings (SSSR count). The zero-order valence-electron chi connectivity index (χ0n) is 12.6. The molecule has 3 N–H and O–H groups in total. The SMILES string of the molecule is CC1CCN(C(C)C(=O)Nc2ccccc2N)CC1C.